The Bertz CT molecular complexity index is 870. The zero-order valence-corrected chi connectivity index (χ0v) is 12.4. The van der Waals surface area contributed by atoms with Gasteiger partial charge in [0.1, 0.15) is 5.52 Å². The minimum atomic E-state index is -0.589. The predicted octanol–water partition coefficient (Wildman–Crippen LogP) is 2.93. The highest BCUT2D eigenvalue weighted by molar-refractivity contribution is 5.96. The van der Waals surface area contributed by atoms with E-state index in [1.165, 1.54) is 6.39 Å². The van der Waals surface area contributed by atoms with Gasteiger partial charge >= 0.3 is 5.97 Å². The first-order chi connectivity index (χ1) is 11.1. The summed E-state index contributed by atoms with van der Waals surface area (Å²) in [6, 6.07) is 12.1. The molecule has 0 fully saturated rings. The highest BCUT2D eigenvalue weighted by Gasteiger charge is 2.12. The molecule has 0 spiro atoms. The molecule has 2 aromatic carbocycles. The highest BCUT2D eigenvalue weighted by atomic mass is 16.5. The third kappa shape index (κ3) is 3.55. The van der Waals surface area contributed by atoms with Crippen molar-refractivity contribution in [2.24, 2.45) is 0 Å². The van der Waals surface area contributed by atoms with Gasteiger partial charge in [0.2, 0.25) is 0 Å². The lowest BCUT2D eigenvalue weighted by Crippen LogP contribution is -2.20. The maximum atomic E-state index is 12.0. The molecule has 0 bridgehead atoms. The van der Waals surface area contributed by atoms with Crippen molar-refractivity contribution in [3.8, 4) is 0 Å². The average Bonchev–Trinajstić information content (AvgIpc) is 3.00. The lowest BCUT2D eigenvalue weighted by Gasteiger charge is -2.07. The van der Waals surface area contributed by atoms with Crippen LogP contribution in [0.25, 0.3) is 11.1 Å². The number of nitrogens with zero attached hydrogens (tertiary/aromatic N) is 1. The number of hydrogen-bond donors (Lipinski definition) is 1. The largest absolute Gasteiger partial charge is 0.452 e. The zero-order valence-electron chi connectivity index (χ0n) is 12.4. The Morgan fingerprint density at radius 2 is 2.09 bits per heavy atom. The zero-order chi connectivity index (χ0) is 16.2. The first-order valence-corrected chi connectivity index (χ1v) is 6.99. The van der Waals surface area contributed by atoms with E-state index < -0.39 is 11.9 Å². The van der Waals surface area contributed by atoms with Crippen LogP contribution in [0.4, 0.5) is 5.69 Å². The number of aromatic nitrogens is 1. The maximum Gasteiger partial charge on any atom is 0.338 e. The van der Waals surface area contributed by atoms with E-state index in [2.05, 4.69) is 10.3 Å². The van der Waals surface area contributed by atoms with Crippen molar-refractivity contribution in [3.63, 3.8) is 0 Å². The van der Waals surface area contributed by atoms with E-state index in [9.17, 15) is 9.59 Å². The lowest BCUT2D eigenvalue weighted by atomic mass is 10.2. The fourth-order valence-corrected chi connectivity index (χ4v) is 2.12. The van der Waals surface area contributed by atoms with E-state index in [0.717, 1.165) is 5.56 Å². The van der Waals surface area contributed by atoms with Gasteiger partial charge in [0.05, 0.1) is 5.56 Å². The Labute approximate surface area is 132 Å². The molecule has 6 nitrogen and oxygen atoms in total. The van der Waals surface area contributed by atoms with Crippen molar-refractivity contribution in [1.82, 2.24) is 4.98 Å². The number of carbonyl (C=O) groups excluding carboxylic acids is 2. The van der Waals surface area contributed by atoms with Crippen LogP contribution in [0.2, 0.25) is 0 Å². The summed E-state index contributed by atoms with van der Waals surface area (Å²) in [7, 11) is 0. The van der Waals surface area contributed by atoms with Crippen molar-refractivity contribution in [2.45, 2.75) is 6.92 Å². The first kappa shape index (κ1) is 14.8. The highest BCUT2D eigenvalue weighted by Crippen LogP contribution is 2.15. The second-order valence-electron chi connectivity index (χ2n) is 5.03. The van der Waals surface area contributed by atoms with Crippen LogP contribution in [0.15, 0.2) is 53.3 Å². The second kappa shape index (κ2) is 6.31. The molecule has 1 heterocycles. The number of oxazole rings is 1. The van der Waals surface area contributed by atoms with Crippen LogP contribution in [-0.2, 0) is 9.53 Å². The van der Waals surface area contributed by atoms with E-state index >= 15 is 0 Å². The van der Waals surface area contributed by atoms with Gasteiger partial charge < -0.3 is 14.5 Å². The van der Waals surface area contributed by atoms with Gasteiger partial charge in [-0.1, -0.05) is 12.1 Å². The molecule has 0 saturated heterocycles. The SMILES string of the molecule is Cc1cccc(NC(=O)COC(=O)c2ccc3ocnc3c2)c1. The van der Waals surface area contributed by atoms with Crippen LogP contribution in [-0.4, -0.2) is 23.5 Å². The minimum absolute atomic E-state index is 0.315. The van der Waals surface area contributed by atoms with Crippen molar-refractivity contribution in [1.29, 1.82) is 0 Å². The number of amides is 1. The van der Waals surface area contributed by atoms with Gasteiger partial charge in [-0.3, -0.25) is 4.79 Å². The van der Waals surface area contributed by atoms with E-state index in [4.69, 9.17) is 9.15 Å². The third-order valence-corrected chi connectivity index (χ3v) is 3.20. The van der Waals surface area contributed by atoms with Gasteiger partial charge in [-0.05, 0) is 42.8 Å². The number of ether oxygens (including phenoxy) is 1. The van der Waals surface area contributed by atoms with E-state index in [-0.39, 0.29) is 6.61 Å². The molecule has 0 aliphatic carbocycles. The molecule has 3 rings (SSSR count). The molecule has 0 atom stereocenters. The summed E-state index contributed by atoms with van der Waals surface area (Å²) in [6.07, 6.45) is 1.30. The molecule has 3 aromatic rings. The standard InChI is InChI=1S/C17H14N2O4/c1-11-3-2-4-13(7-11)19-16(20)9-22-17(21)12-5-6-15-14(8-12)18-10-23-15/h2-8,10H,9H2,1H3,(H,19,20). The average molecular weight is 310 g/mol. The molecule has 0 unspecified atom stereocenters. The second-order valence-corrected chi connectivity index (χ2v) is 5.03. The smallest absolute Gasteiger partial charge is 0.338 e. The van der Waals surface area contributed by atoms with Crippen LogP contribution in [0, 0.1) is 6.92 Å². The lowest BCUT2D eigenvalue weighted by molar-refractivity contribution is -0.119. The fourth-order valence-electron chi connectivity index (χ4n) is 2.12. The van der Waals surface area contributed by atoms with Crippen LogP contribution in [0.3, 0.4) is 0 Å². The first-order valence-electron chi connectivity index (χ1n) is 6.99. The molecule has 1 aromatic heterocycles. The number of aryl methyl sites for hydroxylation is 1. The van der Waals surface area contributed by atoms with Crippen molar-refractivity contribution < 1.29 is 18.7 Å². The summed E-state index contributed by atoms with van der Waals surface area (Å²) in [5.74, 6) is -0.985. The molecular weight excluding hydrogens is 296 g/mol. The quantitative estimate of drug-likeness (QED) is 0.749. The summed E-state index contributed by atoms with van der Waals surface area (Å²) in [4.78, 5) is 27.7. The van der Waals surface area contributed by atoms with Gasteiger partial charge in [-0.2, -0.15) is 0 Å². The number of rotatable bonds is 4. The van der Waals surface area contributed by atoms with Crippen molar-refractivity contribution in [2.75, 3.05) is 11.9 Å². The summed E-state index contributed by atoms with van der Waals surface area (Å²) >= 11 is 0. The van der Waals surface area contributed by atoms with E-state index in [0.29, 0.717) is 22.4 Å². The number of anilines is 1. The number of benzene rings is 2. The molecule has 6 heteroatoms. The van der Waals surface area contributed by atoms with Gasteiger partial charge in [0, 0.05) is 5.69 Å². The van der Waals surface area contributed by atoms with Crippen LogP contribution in [0.1, 0.15) is 15.9 Å². The molecule has 0 aliphatic heterocycles. The number of hydrogen-bond acceptors (Lipinski definition) is 5. The van der Waals surface area contributed by atoms with Crippen LogP contribution in [0.5, 0.6) is 0 Å². The molecule has 1 N–H and O–H groups in total. The van der Waals surface area contributed by atoms with Crippen LogP contribution < -0.4 is 5.32 Å². The van der Waals surface area contributed by atoms with E-state index in [1.807, 2.05) is 25.1 Å². The van der Waals surface area contributed by atoms with Gasteiger partial charge in [-0.15, -0.1) is 0 Å². The number of esters is 1. The molecule has 0 aliphatic rings. The third-order valence-electron chi connectivity index (χ3n) is 3.20. The molecule has 116 valence electrons. The Kier molecular flexibility index (Phi) is 4.05. The monoisotopic (exact) mass is 310 g/mol. The van der Waals surface area contributed by atoms with Gasteiger partial charge in [0.15, 0.2) is 18.6 Å². The number of nitrogens with one attached hydrogen (secondary N) is 1. The molecule has 1 amide bonds. The normalized spacial score (nSPS) is 10.5. The van der Waals surface area contributed by atoms with Crippen LogP contribution >= 0.6 is 0 Å². The molecule has 0 radical (unpaired) electrons. The topological polar surface area (TPSA) is 81.4 Å². The molecular formula is C17H14N2O4. The minimum Gasteiger partial charge on any atom is -0.452 e. The Hall–Kier alpha value is -3.15. The summed E-state index contributed by atoms with van der Waals surface area (Å²) < 4.78 is 10.1. The predicted molar refractivity (Wildman–Crippen MR) is 84.1 cm³/mol. The maximum absolute atomic E-state index is 12.0. The molecule has 0 saturated carbocycles. The Morgan fingerprint density at radius 3 is 2.91 bits per heavy atom. The summed E-state index contributed by atoms with van der Waals surface area (Å²) in [5.41, 5.74) is 3.15. The number of carbonyl (C=O) groups is 2. The summed E-state index contributed by atoms with van der Waals surface area (Å²) in [6.45, 7) is 1.57. The van der Waals surface area contributed by atoms with Crippen molar-refractivity contribution >= 4 is 28.7 Å². The van der Waals surface area contributed by atoms with Gasteiger partial charge in [-0.25, -0.2) is 9.78 Å². The number of fused-ring (bicyclic) bond motifs is 1. The summed E-state index contributed by atoms with van der Waals surface area (Å²) in [5, 5.41) is 2.67. The van der Waals surface area contributed by atoms with E-state index in [1.54, 1.807) is 24.3 Å². The Balaban J connectivity index is 1.58. The Morgan fingerprint density at radius 1 is 1.22 bits per heavy atom. The van der Waals surface area contributed by atoms with Crippen molar-refractivity contribution in [3.05, 3.63) is 60.0 Å². The van der Waals surface area contributed by atoms with Gasteiger partial charge in [0.25, 0.3) is 5.91 Å². The fraction of sp³-hybridized carbons (Fsp3) is 0.118. The molecule has 23 heavy (non-hydrogen) atoms.